The summed E-state index contributed by atoms with van der Waals surface area (Å²) in [6, 6.07) is 7.68. The lowest BCUT2D eigenvalue weighted by Crippen LogP contribution is -2.30. The Morgan fingerprint density at radius 1 is 1.12 bits per heavy atom. The Hall–Kier alpha value is -2.18. The standard InChI is InChI=1S/C19H22ClN5O/c1-13-17-18(24-10-6-3-7-11-24)21-16(12-26-2)22-19(17)25(23-13)15-9-5-4-8-14(15)20/h4-5,8-9H,3,6-7,10-12H2,1-2H3. The fourth-order valence-electron chi connectivity index (χ4n) is 3.53. The van der Waals surface area contributed by atoms with Crippen molar-refractivity contribution in [2.45, 2.75) is 32.8 Å². The Bertz CT molecular complexity index is 933. The van der Waals surface area contributed by atoms with Gasteiger partial charge in [0.1, 0.15) is 12.4 Å². The van der Waals surface area contributed by atoms with Crippen LogP contribution in [0.1, 0.15) is 30.8 Å². The van der Waals surface area contributed by atoms with Crippen LogP contribution in [0.25, 0.3) is 16.7 Å². The molecule has 3 heterocycles. The summed E-state index contributed by atoms with van der Waals surface area (Å²) in [6.45, 7) is 4.39. The molecule has 1 saturated heterocycles. The second-order valence-corrected chi connectivity index (χ2v) is 7.00. The van der Waals surface area contributed by atoms with Crippen LogP contribution in [0.4, 0.5) is 5.82 Å². The zero-order valence-electron chi connectivity index (χ0n) is 15.1. The number of methoxy groups -OCH3 is 1. The predicted octanol–water partition coefficient (Wildman–Crippen LogP) is 3.91. The zero-order chi connectivity index (χ0) is 18.1. The van der Waals surface area contributed by atoms with E-state index in [0.717, 1.165) is 41.3 Å². The molecule has 0 N–H and O–H groups in total. The molecule has 2 aromatic heterocycles. The minimum atomic E-state index is 0.365. The first-order valence-corrected chi connectivity index (χ1v) is 9.32. The first-order valence-electron chi connectivity index (χ1n) is 8.94. The molecule has 1 aliphatic heterocycles. The van der Waals surface area contributed by atoms with Gasteiger partial charge in [-0.1, -0.05) is 23.7 Å². The van der Waals surface area contributed by atoms with Crippen molar-refractivity contribution in [3.63, 3.8) is 0 Å². The number of nitrogens with zero attached hydrogens (tertiary/aromatic N) is 5. The van der Waals surface area contributed by atoms with E-state index >= 15 is 0 Å². The van der Waals surface area contributed by atoms with E-state index < -0.39 is 0 Å². The minimum absolute atomic E-state index is 0.365. The molecule has 0 aliphatic carbocycles. The van der Waals surface area contributed by atoms with Crippen molar-refractivity contribution in [2.75, 3.05) is 25.1 Å². The van der Waals surface area contributed by atoms with Gasteiger partial charge in [0.2, 0.25) is 0 Å². The van der Waals surface area contributed by atoms with Crippen molar-refractivity contribution in [3.05, 3.63) is 40.8 Å². The summed E-state index contributed by atoms with van der Waals surface area (Å²) in [5.74, 6) is 1.62. The van der Waals surface area contributed by atoms with E-state index in [0.29, 0.717) is 17.5 Å². The van der Waals surface area contributed by atoms with Gasteiger partial charge in [0.15, 0.2) is 11.5 Å². The third kappa shape index (κ3) is 3.04. The van der Waals surface area contributed by atoms with Crippen LogP contribution in [0, 0.1) is 6.92 Å². The van der Waals surface area contributed by atoms with Crippen LogP contribution in [0.3, 0.4) is 0 Å². The van der Waals surface area contributed by atoms with Gasteiger partial charge in [-0.05, 0) is 38.3 Å². The van der Waals surface area contributed by atoms with Crippen molar-refractivity contribution in [2.24, 2.45) is 0 Å². The number of piperidine rings is 1. The third-order valence-electron chi connectivity index (χ3n) is 4.74. The topological polar surface area (TPSA) is 56.1 Å². The normalized spacial score (nSPS) is 15.0. The van der Waals surface area contributed by atoms with Crippen molar-refractivity contribution in [1.82, 2.24) is 19.7 Å². The molecule has 0 unspecified atom stereocenters. The van der Waals surface area contributed by atoms with Gasteiger partial charge in [-0.2, -0.15) is 5.10 Å². The van der Waals surface area contributed by atoms with Gasteiger partial charge in [0.05, 0.1) is 21.8 Å². The molecule has 0 bridgehead atoms. The number of benzene rings is 1. The molecule has 7 heteroatoms. The summed E-state index contributed by atoms with van der Waals surface area (Å²) in [5, 5.41) is 6.37. The van der Waals surface area contributed by atoms with Gasteiger partial charge >= 0.3 is 0 Å². The summed E-state index contributed by atoms with van der Waals surface area (Å²) < 4.78 is 7.12. The first-order chi connectivity index (χ1) is 12.7. The molecule has 1 aromatic carbocycles. The van der Waals surface area contributed by atoms with Gasteiger partial charge in [-0.3, -0.25) is 0 Å². The number of anilines is 1. The van der Waals surface area contributed by atoms with Crippen LogP contribution in [-0.2, 0) is 11.3 Å². The molecule has 4 rings (SSSR count). The van der Waals surface area contributed by atoms with Crippen LogP contribution >= 0.6 is 11.6 Å². The Kier molecular flexibility index (Phi) is 4.78. The van der Waals surface area contributed by atoms with Crippen LogP contribution in [0.2, 0.25) is 5.02 Å². The van der Waals surface area contributed by atoms with Gasteiger partial charge in [0, 0.05) is 20.2 Å². The lowest BCUT2D eigenvalue weighted by atomic mass is 10.1. The molecular weight excluding hydrogens is 350 g/mol. The number of ether oxygens (including phenoxy) is 1. The third-order valence-corrected chi connectivity index (χ3v) is 5.06. The van der Waals surface area contributed by atoms with E-state index in [-0.39, 0.29) is 0 Å². The average Bonchev–Trinajstić information content (AvgIpc) is 2.99. The fraction of sp³-hybridized carbons (Fsp3) is 0.421. The molecule has 26 heavy (non-hydrogen) atoms. The summed E-state index contributed by atoms with van der Waals surface area (Å²) in [7, 11) is 1.66. The van der Waals surface area contributed by atoms with Crippen molar-refractivity contribution in [3.8, 4) is 5.69 Å². The second kappa shape index (κ2) is 7.21. The van der Waals surface area contributed by atoms with Gasteiger partial charge in [0.25, 0.3) is 0 Å². The van der Waals surface area contributed by atoms with E-state index in [1.165, 1.54) is 19.3 Å². The van der Waals surface area contributed by atoms with Crippen LogP contribution in [0.15, 0.2) is 24.3 Å². The minimum Gasteiger partial charge on any atom is -0.377 e. The molecular formula is C19H22ClN5O. The maximum Gasteiger partial charge on any atom is 0.169 e. The Morgan fingerprint density at radius 2 is 1.88 bits per heavy atom. The Labute approximate surface area is 157 Å². The predicted molar refractivity (Wildman–Crippen MR) is 103 cm³/mol. The van der Waals surface area contributed by atoms with E-state index in [1.807, 2.05) is 35.9 Å². The quantitative estimate of drug-likeness (QED) is 0.695. The van der Waals surface area contributed by atoms with Crippen LogP contribution in [0.5, 0.6) is 0 Å². The number of rotatable bonds is 4. The highest BCUT2D eigenvalue weighted by Crippen LogP contribution is 2.32. The highest BCUT2D eigenvalue weighted by atomic mass is 35.5. The molecule has 6 nitrogen and oxygen atoms in total. The maximum absolute atomic E-state index is 6.42. The summed E-state index contributed by atoms with van der Waals surface area (Å²) >= 11 is 6.42. The number of aromatic nitrogens is 4. The van der Waals surface area contributed by atoms with Crippen LogP contribution < -0.4 is 4.90 Å². The number of fused-ring (bicyclic) bond motifs is 1. The lowest BCUT2D eigenvalue weighted by Gasteiger charge is -2.28. The molecule has 0 radical (unpaired) electrons. The summed E-state index contributed by atoms with van der Waals surface area (Å²) in [4.78, 5) is 11.9. The van der Waals surface area contributed by atoms with Gasteiger partial charge in [-0.15, -0.1) is 0 Å². The lowest BCUT2D eigenvalue weighted by molar-refractivity contribution is 0.178. The van der Waals surface area contributed by atoms with Gasteiger partial charge in [-0.25, -0.2) is 14.6 Å². The van der Waals surface area contributed by atoms with Crippen LogP contribution in [-0.4, -0.2) is 39.9 Å². The number of para-hydroxylation sites is 1. The molecule has 1 fully saturated rings. The fourth-order valence-corrected chi connectivity index (χ4v) is 3.74. The van der Waals surface area contributed by atoms with E-state index in [2.05, 4.69) is 4.90 Å². The largest absolute Gasteiger partial charge is 0.377 e. The number of hydrogen-bond donors (Lipinski definition) is 0. The molecule has 3 aromatic rings. The monoisotopic (exact) mass is 371 g/mol. The van der Waals surface area contributed by atoms with E-state index in [4.69, 9.17) is 31.4 Å². The smallest absolute Gasteiger partial charge is 0.169 e. The molecule has 0 saturated carbocycles. The maximum atomic E-state index is 6.42. The Morgan fingerprint density at radius 3 is 2.62 bits per heavy atom. The van der Waals surface area contributed by atoms with E-state index in [1.54, 1.807) is 7.11 Å². The number of halogens is 1. The highest BCUT2D eigenvalue weighted by molar-refractivity contribution is 6.32. The van der Waals surface area contributed by atoms with E-state index in [9.17, 15) is 0 Å². The summed E-state index contributed by atoms with van der Waals surface area (Å²) in [5.41, 5.74) is 2.50. The molecule has 136 valence electrons. The summed E-state index contributed by atoms with van der Waals surface area (Å²) in [6.07, 6.45) is 3.64. The first kappa shape index (κ1) is 17.2. The number of hydrogen-bond acceptors (Lipinski definition) is 5. The molecule has 0 atom stereocenters. The molecule has 1 aliphatic rings. The van der Waals surface area contributed by atoms with Gasteiger partial charge < -0.3 is 9.64 Å². The highest BCUT2D eigenvalue weighted by Gasteiger charge is 2.23. The average molecular weight is 372 g/mol. The number of aryl methyl sites for hydroxylation is 1. The van der Waals surface area contributed by atoms with Crippen molar-refractivity contribution < 1.29 is 4.74 Å². The molecule has 0 spiro atoms. The second-order valence-electron chi connectivity index (χ2n) is 6.59. The zero-order valence-corrected chi connectivity index (χ0v) is 15.8. The van der Waals surface area contributed by atoms with Crippen molar-refractivity contribution >= 4 is 28.5 Å². The SMILES string of the molecule is COCc1nc(N2CCCCC2)c2c(C)nn(-c3ccccc3Cl)c2n1. The molecule has 0 amide bonds. The Balaban J connectivity index is 1.95. The van der Waals surface area contributed by atoms with Crippen molar-refractivity contribution in [1.29, 1.82) is 0 Å².